The van der Waals surface area contributed by atoms with Gasteiger partial charge in [0, 0.05) is 31.3 Å². The summed E-state index contributed by atoms with van der Waals surface area (Å²) in [6.45, 7) is 1.26. The van der Waals surface area contributed by atoms with Gasteiger partial charge in [0.25, 0.3) is 0 Å². The Morgan fingerprint density at radius 3 is 2.54 bits per heavy atom. The summed E-state index contributed by atoms with van der Waals surface area (Å²) in [6, 6.07) is 9.55. The van der Waals surface area contributed by atoms with Crippen LogP contribution < -0.4 is 4.90 Å². The molecule has 1 unspecified atom stereocenters. The molecule has 2 heterocycles. The first kappa shape index (κ1) is 19.4. The number of aromatic nitrogens is 1. The Bertz CT molecular complexity index is 778. The number of rotatable bonds is 8. The number of thiazole rings is 1. The van der Waals surface area contributed by atoms with Gasteiger partial charge in [-0.2, -0.15) is 5.10 Å². The summed E-state index contributed by atoms with van der Waals surface area (Å²) < 4.78 is 0. The zero-order valence-electron chi connectivity index (χ0n) is 13.8. The third-order valence-corrected chi connectivity index (χ3v) is 5.99. The number of carbonyl (C=O) groups excluding carboxylic acids is 1. The summed E-state index contributed by atoms with van der Waals surface area (Å²) in [4.78, 5) is 18.8. The number of anilines is 1. The fraction of sp³-hybridized carbons (Fsp3) is 0.353. The maximum atomic E-state index is 11.5. The maximum Gasteiger partial charge on any atom is 0.230 e. The molecular weight excluding hydrogens is 415 g/mol. The fourth-order valence-corrected chi connectivity index (χ4v) is 4.68. The zero-order chi connectivity index (χ0) is 18.5. The van der Waals surface area contributed by atoms with Crippen LogP contribution in [0.3, 0.4) is 0 Å². The smallest absolute Gasteiger partial charge is 0.230 e. The molecule has 0 aliphatic carbocycles. The average Bonchev–Trinajstić information content (AvgIpc) is 3.25. The van der Waals surface area contributed by atoms with Crippen LogP contribution >= 0.6 is 46.1 Å². The predicted octanol–water partition coefficient (Wildman–Crippen LogP) is 4.39. The topological polar surface area (TPSA) is 48.8 Å². The van der Waals surface area contributed by atoms with E-state index in [1.54, 1.807) is 0 Å². The van der Waals surface area contributed by atoms with Gasteiger partial charge in [-0.15, -0.1) is 23.2 Å². The van der Waals surface area contributed by atoms with Crippen molar-refractivity contribution in [3.63, 3.8) is 0 Å². The van der Waals surface area contributed by atoms with Crippen molar-refractivity contribution >= 4 is 63.4 Å². The molecule has 1 atom stereocenters. The van der Waals surface area contributed by atoms with E-state index in [1.165, 1.54) is 16.3 Å². The number of hydrazone groups is 1. The van der Waals surface area contributed by atoms with Crippen molar-refractivity contribution in [3.05, 3.63) is 45.9 Å². The summed E-state index contributed by atoms with van der Waals surface area (Å²) in [5.41, 5.74) is 1.85. The Kier molecular flexibility index (Phi) is 6.75. The molecule has 0 fully saturated rings. The first-order valence-corrected chi connectivity index (χ1v) is 10.3. The first-order valence-electron chi connectivity index (χ1n) is 8.07. The Labute approximate surface area is 171 Å². The molecule has 3 rings (SSSR count). The molecule has 0 spiro atoms. The van der Waals surface area contributed by atoms with Gasteiger partial charge in [0.05, 0.1) is 16.6 Å². The quantitative estimate of drug-likeness (QED) is 0.460. The van der Waals surface area contributed by atoms with E-state index >= 15 is 0 Å². The Hall–Kier alpha value is -1.34. The highest BCUT2D eigenvalue weighted by molar-refractivity contribution is 7.16. The van der Waals surface area contributed by atoms with Crippen molar-refractivity contribution in [3.8, 4) is 0 Å². The van der Waals surface area contributed by atoms with E-state index in [9.17, 15) is 4.79 Å². The maximum absolute atomic E-state index is 11.5. The van der Waals surface area contributed by atoms with Gasteiger partial charge in [0.15, 0.2) is 5.13 Å². The van der Waals surface area contributed by atoms with Crippen LogP contribution in [0.25, 0.3) is 0 Å². The van der Waals surface area contributed by atoms with Gasteiger partial charge in [0.1, 0.15) is 5.15 Å². The monoisotopic (exact) mass is 430 g/mol. The SMILES string of the molecule is O=CN1N=C(c2ccccc2)CC1c1sc(N(CCCl)CCCl)nc1Cl. The molecule has 0 saturated heterocycles. The number of halogens is 3. The lowest BCUT2D eigenvalue weighted by Crippen LogP contribution is -2.27. The summed E-state index contributed by atoms with van der Waals surface area (Å²) >= 11 is 19.6. The third kappa shape index (κ3) is 4.14. The van der Waals surface area contributed by atoms with Crippen LogP contribution in [-0.4, -0.2) is 47.0 Å². The van der Waals surface area contributed by atoms with Crippen LogP contribution in [0.2, 0.25) is 5.15 Å². The van der Waals surface area contributed by atoms with Gasteiger partial charge in [-0.3, -0.25) is 4.79 Å². The van der Waals surface area contributed by atoms with Crippen LogP contribution in [0.15, 0.2) is 35.4 Å². The van der Waals surface area contributed by atoms with Gasteiger partial charge >= 0.3 is 0 Å². The molecule has 138 valence electrons. The minimum atomic E-state index is -0.254. The van der Waals surface area contributed by atoms with E-state index in [0.29, 0.717) is 36.4 Å². The highest BCUT2D eigenvalue weighted by Gasteiger charge is 2.33. The van der Waals surface area contributed by atoms with Gasteiger partial charge < -0.3 is 4.90 Å². The van der Waals surface area contributed by atoms with Crippen molar-refractivity contribution in [2.75, 3.05) is 29.7 Å². The number of amides is 1. The molecule has 0 saturated carbocycles. The van der Waals surface area contributed by atoms with Crippen molar-refractivity contribution in [1.82, 2.24) is 9.99 Å². The number of benzene rings is 1. The van der Waals surface area contributed by atoms with Crippen LogP contribution in [0.5, 0.6) is 0 Å². The van der Waals surface area contributed by atoms with Crippen LogP contribution in [-0.2, 0) is 4.79 Å². The average molecular weight is 432 g/mol. The molecule has 1 aliphatic heterocycles. The standard InChI is InChI=1S/C17H17Cl3N4OS/c18-6-8-23(9-7-19)17-21-16(20)15(26-17)14-10-13(22-24(14)11-25)12-4-2-1-3-5-12/h1-5,11,14H,6-10H2. The molecule has 9 heteroatoms. The van der Waals surface area contributed by atoms with Crippen LogP contribution in [0, 0.1) is 0 Å². The van der Waals surface area contributed by atoms with E-state index in [2.05, 4.69) is 10.1 Å². The van der Waals surface area contributed by atoms with Gasteiger partial charge in [-0.1, -0.05) is 53.3 Å². The molecule has 1 aromatic carbocycles. The highest BCUT2D eigenvalue weighted by atomic mass is 35.5. The minimum absolute atomic E-state index is 0.254. The molecule has 1 aliphatic rings. The molecule has 5 nitrogen and oxygen atoms in total. The molecule has 0 N–H and O–H groups in total. The molecule has 26 heavy (non-hydrogen) atoms. The fourth-order valence-electron chi connectivity index (χ4n) is 2.79. The van der Waals surface area contributed by atoms with Crippen molar-refractivity contribution in [2.24, 2.45) is 5.10 Å². The minimum Gasteiger partial charge on any atom is -0.346 e. The molecule has 1 aromatic heterocycles. The lowest BCUT2D eigenvalue weighted by Gasteiger charge is -2.19. The van der Waals surface area contributed by atoms with E-state index in [-0.39, 0.29) is 6.04 Å². The second-order valence-electron chi connectivity index (χ2n) is 5.63. The Morgan fingerprint density at radius 1 is 1.23 bits per heavy atom. The Balaban J connectivity index is 1.86. The summed E-state index contributed by atoms with van der Waals surface area (Å²) in [7, 11) is 0. The molecule has 0 radical (unpaired) electrons. The van der Waals surface area contributed by atoms with E-state index in [0.717, 1.165) is 27.7 Å². The van der Waals surface area contributed by atoms with E-state index in [1.807, 2.05) is 35.2 Å². The van der Waals surface area contributed by atoms with Gasteiger partial charge in [0.2, 0.25) is 6.41 Å². The number of carbonyl (C=O) groups is 1. The third-order valence-electron chi connectivity index (χ3n) is 4.04. The summed E-state index contributed by atoms with van der Waals surface area (Å²) in [5.74, 6) is 0.934. The molecular formula is C17H17Cl3N4OS. The van der Waals surface area contributed by atoms with Crippen molar-refractivity contribution in [1.29, 1.82) is 0 Å². The number of nitrogens with zero attached hydrogens (tertiary/aromatic N) is 4. The summed E-state index contributed by atoms with van der Waals surface area (Å²) in [5, 5.41) is 7.01. The highest BCUT2D eigenvalue weighted by Crippen LogP contribution is 2.41. The first-order chi connectivity index (χ1) is 12.7. The number of hydrogen-bond acceptors (Lipinski definition) is 5. The predicted molar refractivity (Wildman–Crippen MR) is 109 cm³/mol. The second-order valence-corrected chi connectivity index (χ2v) is 7.76. The molecule has 2 aromatic rings. The van der Waals surface area contributed by atoms with Crippen molar-refractivity contribution < 1.29 is 4.79 Å². The number of alkyl halides is 2. The van der Waals surface area contributed by atoms with Crippen LogP contribution in [0.4, 0.5) is 5.13 Å². The molecule has 0 bridgehead atoms. The van der Waals surface area contributed by atoms with Gasteiger partial charge in [-0.25, -0.2) is 9.99 Å². The Morgan fingerprint density at radius 2 is 1.92 bits per heavy atom. The lowest BCUT2D eigenvalue weighted by molar-refractivity contribution is -0.119. The van der Waals surface area contributed by atoms with Gasteiger partial charge in [-0.05, 0) is 5.56 Å². The van der Waals surface area contributed by atoms with Crippen LogP contribution in [0.1, 0.15) is 22.9 Å². The zero-order valence-corrected chi connectivity index (χ0v) is 16.9. The normalized spacial score (nSPS) is 16.7. The van der Waals surface area contributed by atoms with E-state index < -0.39 is 0 Å². The largest absolute Gasteiger partial charge is 0.346 e. The molecule has 1 amide bonds. The lowest BCUT2D eigenvalue weighted by atomic mass is 10.0. The van der Waals surface area contributed by atoms with Crippen molar-refractivity contribution in [2.45, 2.75) is 12.5 Å². The second kappa shape index (κ2) is 9.04. The van der Waals surface area contributed by atoms with E-state index in [4.69, 9.17) is 34.8 Å². The number of hydrogen-bond donors (Lipinski definition) is 0. The summed E-state index contributed by atoms with van der Waals surface area (Å²) in [6.07, 6.45) is 1.32.